The van der Waals surface area contributed by atoms with Crippen molar-refractivity contribution in [1.29, 1.82) is 0 Å². The van der Waals surface area contributed by atoms with E-state index in [4.69, 9.17) is 0 Å². The van der Waals surface area contributed by atoms with E-state index in [1.807, 2.05) is 0 Å². The first kappa shape index (κ1) is 18.0. The van der Waals surface area contributed by atoms with E-state index in [0.717, 1.165) is 10.9 Å². The van der Waals surface area contributed by atoms with E-state index in [0.29, 0.717) is 10.1 Å². The van der Waals surface area contributed by atoms with Gasteiger partial charge in [-0.25, -0.2) is 17.8 Å². The number of hydrogen-bond acceptors (Lipinski definition) is 6. The summed E-state index contributed by atoms with van der Waals surface area (Å²) in [4.78, 5) is 12.6. The van der Waals surface area contributed by atoms with Crippen LogP contribution in [0.25, 0.3) is 10.8 Å². The van der Waals surface area contributed by atoms with Crippen molar-refractivity contribution in [2.75, 3.05) is 0 Å². The Hall–Kier alpha value is -3.41. The van der Waals surface area contributed by atoms with Crippen LogP contribution in [0.3, 0.4) is 0 Å². The molecule has 0 aliphatic rings. The van der Waals surface area contributed by atoms with Crippen molar-refractivity contribution in [2.24, 2.45) is 0 Å². The Labute approximate surface area is 156 Å². The normalized spacial score (nSPS) is 12.1. The summed E-state index contributed by atoms with van der Waals surface area (Å²) in [6, 6.07) is 6.72. The van der Waals surface area contributed by atoms with Crippen LogP contribution in [0, 0.1) is 0 Å². The van der Waals surface area contributed by atoms with Crippen LogP contribution in [0.1, 0.15) is 12.2 Å². The minimum Gasteiger partial charge on any atom is -0.284 e. The molecule has 4 rings (SSSR count). The van der Waals surface area contributed by atoms with Gasteiger partial charge in [0.25, 0.3) is 5.56 Å². The lowest BCUT2D eigenvalue weighted by molar-refractivity contribution is 0.0561. The second-order valence-corrected chi connectivity index (χ2v) is 7.73. The third-order valence-corrected chi connectivity index (χ3v) is 5.71. The van der Waals surface area contributed by atoms with Crippen molar-refractivity contribution < 1.29 is 17.2 Å². The zero-order valence-electron chi connectivity index (χ0n) is 14.0. The molecule has 28 heavy (non-hydrogen) atoms. The van der Waals surface area contributed by atoms with Crippen LogP contribution in [-0.2, 0) is 16.4 Å². The van der Waals surface area contributed by atoms with Gasteiger partial charge < -0.3 is 0 Å². The number of nitrogens with one attached hydrogen (secondary N) is 1. The van der Waals surface area contributed by atoms with Gasteiger partial charge in [-0.05, 0) is 30.3 Å². The van der Waals surface area contributed by atoms with Gasteiger partial charge in [0.1, 0.15) is 0 Å². The molecule has 0 unspecified atom stereocenters. The summed E-state index contributed by atoms with van der Waals surface area (Å²) in [6.07, 6.45) is 3.84. The van der Waals surface area contributed by atoms with E-state index in [1.165, 1.54) is 42.7 Å². The number of rotatable bonds is 5. The van der Waals surface area contributed by atoms with E-state index in [-0.39, 0.29) is 27.5 Å². The lowest BCUT2D eigenvalue weighted by Gasteiger charge is -2.06. The molecule has 144 valence electrons. The largest absolute Gasteiger partial charge is 0.333 e. The van der Waals surface area contributed by atoms with Crippen LogP contribution in [0.2, 0.25) is 0 Å². The Balaban J connectivity index is 1.71. The Morgan fingerprint density at radius 3 is 2.68 bits per heavy atom. The fraction of sp³-hybridized carbons (Fsp3) is 0.125. The number of sulfone groups is 1. The number of halogens is 2. The van der Waals surface area contributed by atoms with E-state index in [9.17, 15) is 22.0 Å². The quantitative estimate of drug-likeness (QED) is 0.538. The predicted octanol–water partition coefficient (Wildman–Crippen LogP) is 1.59. The summed E-state index contributed by atoms with van der Waals surface area (Å²) >= 11 is 0. The number of hydrogen-bond donors (Lipinski definition) is 1. The first-order valence-corrected chi connectivity index (χ1v) is 9.41. The van der Waals surface area contributed by atoms with Crippen molar-refractivity contribution in [3.05, 3.63) is 65.0 Å². The van der Waals surface area contributed by atoms with Crippen LogP contribution in [0.4, 0.5) is 8.78 Å². The molecule has 0 radical (unpaired) electrons. The van der Waals surface area contributed by atoms with Gasteiger partial charge in [-0.3, -0.25) is 9.89 Å². The summed E-state index contributed by atoms with van der Waals surface area (Å²) in [5.74, 6) is 0. The first-order valence-electron chi connectivity index (χ1n) is 7.93. The van der Waals surface area contributed by atoms with Gasteiger partial charge >= 0.3 is 6.55 Å². The fourth-order valence-corrected chi connectivity index (χ4v) is 3.88. The molecule has 1 N–H and O–H groups in total. The molecule has 0 saturated carbocycles. The number of nitrogens with zero attached hydrogens (tertiary/aromatic N) is 5. The van der Waals surface area contributed by atoms with Crippen LogP contribution in [0.5, 0.6) is 0 Å². The molecular formula is C16H12F2N6O3S. The fourth-order valence-electron chi connectivity index (χ4n) is 2.69. The van der Waals surface area contributed by atoms with Crippen molar-refractivity contribution in [3.63, 3.8) is 0 Å². The Morgan fingerprint density at radius 1 is 1.18 bits per heavy atom. The van der Waals surface area contributed by atoms with Gasteiger partial charge in [0.2, 0.25) is 9.84 Å². The van der Waals surface area contributed by atoms with E-state index < -0.39 is 21.9 Å². The molecule has 3 heterocycles. The molecule has 0 atom stereocenters. The molecule has 9 nitrogen and oxygen atoms in total. The zero-order valence-corrected chi connectivity index (χ0v) is 14.8. The standard InChI is InChI=1S/C16H12F2N6O3S/c17-16(18)23-6-4-11(22-23)9-24-15(25)13-2-1-12(7-10(13)8-20-24)28(26,27)14-3-5-19-21-14/h1-8,16H,9H2,(H,19,21). The molecule has 4 aromatic rings. The van der Waals surface area contributed by atoms with E-state index in [2.05, 4.69) is 20.4 Å². The summed E-state index contributed by atoms with van der Waals surface area (Å²) in [5, 5.41) is 14.2. The lowest BCUT2D eigenvalue weighted by atomic mass is 10.2. The molecule has 0 saturated heterocycles. The monoisotopic (exact) mass is 406 g/mol. The number of alkyl halides is 2. The molecule has 0 aliphatic carbocycles. The van der Waals surface area contributed by atoms with Gasteiger partial charge in [-0.15, -0.1) is 0 Å². The smallest absolute Gasteiger partial charge is 0.284 e. The average molecular weight is 406 g/mol. The van der Waals surface area contributed by atoms with Gasteiger partial charge in [-0.2, -0.15) is 24.1 Å². The minimum atomic E-state index is -3.83. The Bertz CT molecular complexity index is 1310. The van der Waals surface area contributed by atoms with Gasteiger partial charge in [-0.1, -0.05) is 0 Å². The minimum absolute atomic E-state index is 0.0262. The van der Waals surface area contributed by atoms with Crippen molar-refractivity contribution >= 4 is 20.6 Å². The average Bonchev–Trinajstić information content (AvgIpc) is 3.36. The predicted molar refractivity (Wildman–Crippen MR) is 92.6 cm³/mol. The highest BCUT2D eigenvalue weighted by Crippen LogP contribution is 2.22. The van der Waals surface area contributed by atoms with E-state index in [1.54, 1.807) is 0 Å². The second-order valence-electron chi connectivity index (χ2n) is 5.84. The van der Waals surface area contributed by atoms with Crippen molar-refractivity contribution in [1.82, 2.24) is 29.8 Å². The van der Waals surface area contributed by atoms with Gasteiger partial charge in [0.15, 0.2) is 5.03 Å². The Kier molecular flexibility index (Phi) is 4.26. The molecule has 0 spiro atoms. The number of aromatic amines is 1. The number of benzene rings is 1. The highest BCUT2D eigenvalue weighted by atomic mass is 32.2. The summed E-state index contributed by atoms with van der Waals surface area (Å²) in [6.45, 7) is -2.87. The summed E-state index contributed by atoms with van der Waals surface area (Å²) in [5.41, 5.74) is -0.250. The second kappa shape index (κ2) is 6.64. The van der Waals surface area contributed by atoms with Crippen LogP contribution in [0.15, 0.2) is 63.6 Å². The summed E-state index contributed by atoms with van der Waals surface area (Å²) < 4.78 is 51.8. The maximum Gasteiger partial charge on any atom is 0.333 e. The maximum absolute atomic E-state index is 12.6. The zero-order chi connectivity index (χ0) is 19.9. The topological polar surface area (TPSA) is 116 Å². The molecule has 0 amide bonds. The van der Waals surface area contributed by atoms with Crippen LogP contribution >= 0.6 is 0 Å². The molecule has 12 heteroatoms. The number of H-pyrrole nitrogens is 1. The summed E-state index contributed by atoms with van der Waals surface area (Å²) in [7, 11) is -3.83. The van der Waals surface area contributed by atoms with Gasteiger partial charge in [0.05, 0.1) is 28.7 Å². The maximum atomic E-state index is 12.6. The third-order valence-electron chi connectivity index (χ3n) is 4.06. The van der Waals surface area contributed by atoms with E-state index >= 15 is 0 Å². The Morgan fingerprint density at radius 2 is 2.00 bits per heavy atom. The van der Waals surface area contributed by atoms with Crippen molar-refractivity contribution in [2.45, 2.75) is 23.0 Å². The highest BCUT2D eigenvalue weighted by molar-refractivity contribution is 7.91. The SMILES string of the molecule is O=c1c2ccc(S(=O)(=O)c3cc[nH]n3)cc2cnn1Cc1ccn(C(F)F)n1. The van der Waals surface area contributed by atoms with Crippen LogP contribution < -0.4 is 5.56 Å². The van der Waals surface area contributed by atoms with Crippen molar-refractivity contribution in [3.8, 4) is 0 Å². The molecule has 0 bridgehead atoms. The third kappa shape index (κ3) is 3.07. The van der Waals surface area contributed by atoms with Gasteiger partial charge in [0, 0.05) is 17.8 Å². The molecule has 3 aromatic heterocycles. The molecule has 0 aliphatic heterocycles. The lowest BCUT2D eigenvalue weighted by Crippen LogP contribution is -2.23. The molecule has 0 fully saturated rings. The number of aromatic nitrogens is 6. The number of fused-ring (bicyclic) bond motifs is 1. The molecular weight excluding hydrogens is 394 g/mol. The molecule has 1 aromatic carbocycles. The van der Waals surface area contributed by atoms with Crippen LogP contribution in [-0.4, -0.2) is 38.2 Å². The highest BCUT2D eigenvalue weighted by Gasteiger charge is 2.20. The first-order chi connectivity index (χ1) is 13.4.